The van der Waals surface area contributed by atoms with Gasteiger partial charge in [0.05, 0.1) is 11.7 Å². The first-order valence-electron chi connectivity index (χ1n) is 11.4. The molecule has 172 valence electrons. The lowest BCUT2D eigenvalue weighted by molar-refractivity contribution is -0.207. The standard InChI is InChI=1S/C29H27NO4/c1-17-9-13-21(14-10-17)28(22-15-11-18(2)12-16-22)20(4)34-29(33)24-8-6-5-7-23(24)26(32)25(19(3)31)27(29)30-28/h5-16,20,32-33H,1-4H3. The molecule has 0 amide bonds. The molecule has 0 spiro atoms. The number of fused-ring (bicyclic) bond motifs is 3. The number of benzene rings is 3. The Kier molecular flexibility index (Phi) is 5.08. The largest absolute Gasteiger partial charge is 0.506 e. The van der Waals surface area contributed by atoms with Crippen LogP contribution >= 0.6 is 0 Å². The van der Waals surface area contributed by atoms with E-state index < -0.39 is 23.2 Å². The van der Waals surface area contributed by atoms with Crippen LogP contribution in [0.15, 0.2) is 83.4 Å². The zero-order valence-corrected chi connectivity index (χ0v) is 19.7. The van der Waals surface area contributed by atoms with Gasteiger partial charge in [0.25, 0.3) is 0 Å². The van der Waals surface area contributed by atoms with Crippen molar-refractivity contribution in [2.24, 2.45) is 4.99 Å². The van der Waals surface area contributed by atoms with Gasteiger partial charge in [-0.2, -0.15) is 0 Å². The topological polar surface area (TPSA) is 79.1 Å². The van der Waals surface area contributed by atoms with E-state index in [1.807, 2.05) is 69.3 Å². The average Bonchev–Trinajstić information content (AvgIpc) is 2.81. The third kappa shape index (κ3) is 3.08. The van der Waals surface area contributed by atoms with Crippen LogP contribution in [-0.2, 0) is 20.9 Å². The number of Topliss-reactive ketones (excluding diaryl/α,β-unsaturated/α-hetero) is 1. The normalized spacial score (nSPS) is 23.1. The zero-order chi connectivity index (χ0) is 24.3. The number of ketones is 1. The number of carbonyl (C=O) groups excluding carboxylic acids is 1. The molecule has 0 bridgehead atoms. The molecule has 34 heavy (non-hydrogen) atoms. The fourth-order valence-electron chi connectivity index (χ4n) is 5.10. The summed E-state index contributed by atoms with van der Waals surface area (Å²) in [5, 5.41) is 23.0. The molecule has 3 aromatic rings. The summed E-state index contributed by atoms with van der Waals surface area (Å²) in [5.74, 6) is -2.57. The number of ether oxygens (including phenoxy) is 1. The van der Waals surface area contributed by atoms with Crippen molar-refractivity contribution in [2.75, 3.05) is 0 Å². The molecule has 1 aliphatic heterocycles. The highest BCUT2D eigenvalue weighted by Crippen LogP contribution is 2.50. The Morgan fingerprint density at radius 3 is 1.97 bits per heavy atom. The summed E-state index contributed by atoms with van der Waals surface area (Å²) in [4.78, 5) is 17.9. The van der Waals surface area contributed by atoms with Crippen LogP contribution in [0.3, 0.4) is 0 Å². The van der Waals surface area contributed by atoms with Crippen molar-refractivity contribution in [1.82, 2.24) is 0 Å². The van der Waals surface area contributed by atoms with E-state index in [1.54, 1.807) is 24.3 Å². The van der Waals surface area contributed by atoms with Gasteiger partial charge in [0.15, 0.2) is 5.78 Å². The number of aliphatic imine (C=N–C) groups is 1. The third-order valence-electron chi connectivity index (χ3n) is 6.90. The minimum absolute atomic E-state index is 0.0236. The summed E-state index contributed by atoms with van der Waals surface area (Å²) in [5.41, 5.74) is 3.61. The van der Waals surface area contributed by atoms with E-state index in [9.17, 15) is 15.0 Å². The number of aryl methyl sites for hydroxylation is 2. The lowest BCUT2D eigenvalue weighted by Gasteiger charge is -2.48. The van der Waals surface area contributed by atoms with Gasteiger partial charge in [0.1, 0.15) is 17.0 Å². The van der Waals surface area contributed by atoms with Crippen LogP contribution in [0.1, 0.15) is 47.2 Å². The number of nitrogens with zero attached hydrogens (tertiary/aromatic N) is 1. The van der Waals surface area contributed by atoms with Crippen molar-refractivity contribution in [2.45, 2.75) is 45.1 Å². The van der Waals surface area contributed by atoms with E-state index in [2.05, 4.69) is 0 Å². The van der Waals surface area contributed by atoms with E-state index in [0.29, 0.717) is 11.1 Å². The Bertz CT molecular complexity index is 1310. The van der Waals surface area contributed by atoms with E-state index in [4.69, 9.17) is 9.73 Å². The molecule has 0 radical (unpaired) electrons. The number of carbonyl (C=O) groups is 1. The number of hydrogen-bond acceptors (Lipinski definition) is 5. The van der Waals surface area contributed by atoms with E-state index in [0.717, 1.165) is 22.3 Å². The molecule has 2 unspecified atom stereocenters. The van der Waals surface area contributed by atoms with Crippen LogP contribution < -0.4 is 0 Å². The second-order valence-corrected chi connectivity index (χ2v) is 9.19. The summed E-state index contributed by atoms with van der Waals surface area (Å²) in [6, 6.07) is 22.9. The second-order valence-electron chi connectivity index (χ2n) is 9.19. The maximum atomic E-state index is 12.8. The highest BCUT2D eigenvalue weighted by Gasteiger charge is 2.56. The minimum Gasteiger partial charge on any atom is -0.506 e. The molecule has 5 rings (SSSR count). The van der Waals surface area contributed by atoms with Crippen LogP contribution in [0, 0.1) is 13.8 Å². The van der Waals surface area contributed by atoms with E-state index in [-0.39, 0.29) is 17.0 Å². The summed E-state index contributed by atoms with van der Waals surface area (Å²) in [6.07, 6.45) is -0.604. The van der Waals surface area contributed by atoms with Gasteiger partial charge < -0.3 is 14.9 Å². The van der Waals surface area contributed by atoms with Crippen LogP contribution in [0.25, 0.3) is 5.76 Å². The first-order chi connectivity index (χ1) is 16.2. The number of rotatable bonds is 3. The molecule has 2 aliphatic rings. The summed E-state index contributed by atoms with van der Waals surface area (Å²) >= 11 is 0. The molecule has 3 aromatic carbocycles. The van der Waals surface area contributed by atoms with Crippen LogP contribution in [0.2, 0.25) is 0 Å². The molecule has 5 nitrogen and oxygen atoms in total. The molecular weight excluding hydrogens is 426 g/mol. The molecule has 2 atom stereocenters. The zero-order valence-electron chi connectivity index (χ0n) is 19.7. The fraction of sp³-hybridized carbons (Fsp3) is 0.241. The smallest absolute Gasteiger partial charge is 0.238 e. The monoisotopic (exact) mass is 453 g/mol. The van der Waals surface area contributed by atoms with Crippen molar-refractivity contribution in [1.29, 1.82) is 0 Å². The Balaban J connectivity index is 1.88. The molecule has 2 N–H and O–H groups in total. The Labute approximate surface area is 199 Å². The molecule has 0 fully saturated rings. The number of aliphatic hydroxyl groups is 2. The van der Waals surface area contributed by atoms with Gasteiger partial charge in [-0.1, -0.05) is 83.9 Å². The van der Waals surface area contributed by atoms with Crippen LogP contribution in [0.5, 0.6) is 0 Å². The molecular formula is C29H27NO4. The van der Waals surface area contributed by atoms with Crippen molar-refractivity contribution >= 4 is 17.3 Å². The number of aliphatic hydroxyl groups excluding tert-OH is 1. The van der Waals surface area contributed by atoms with Gasteiger partial charge in [-0.05, 0) is 38.8 Å². The van der Waals surface area contributed by atoms with Crippen molar-refractivity contribution in [3.63, 3.8) is 0 Å². The minimum atomic E-state index is -1.97. The van der Waals surface area contributed by atoms with Crippen molar-refractivity contribution < 1.29 is 19.7 Å². The molecule has 1 aliphatic carbocycles. The van der Waals surface area contributed by atoms with Gasteiger partial charge in [-0.25, -0.2) is 0 Å². The summed E-state index contributed by atoms with van der Waals surface area (Å²) < 4.78 is 6.45. The molecule has 0 aromatic heterocycles. The maximum Gasteiger partial charge on any atom is 0.238 e. The fourth-order valence-corrected chi connectivity index (χ4v) is 5.10. The first-order valence-corrected chi connectivity index (χ1v) is 11.4. The summed E-state index contributed by atoms with van der Waals surface area (Å²) in [6.45, 7) is 7.27. The number of hydrogen-bond donors (Lipinski definition) is 2. The van der Waals surface area contributed by atoms with Crippen LogP contribution in [0.4, 0.5) is 0 Å². The Morgan fingerprint density at radius 2 is 1.44 bits per heavy atom. The summed E-state index contributed by atoms with van der Waals surface area (Å²) in [7, 11) is 0. The van der Waals surface area contributed by atoms with E-state index >= 15 is 0 Å². The maximum absolute atomic E-state index is 12.8. The van der Waals surface area contributed by atoms with Gasteiger partial charge in [0, 0.05) is 11.1 Å². The lowest BCUT2D eigenvalue weighted by atomic mass is 9.74. The average molecular weight is 454 g/mol. The Hall–Kier alpha value is -3.54. The Morgan fingerprint density at radius 1 is 0.912 bits per heavy atom. The second kappa shape index (κ2) is 7.76. The highest BCUT2D eigenvalue weighted by atomic mass is 16.6. The van der Waals surface area contributed by atoms with Crippen molar-refractivity contribution in [3.05, 3.63) is 112 Å². The van der Waals surface area contributed by atoms with Crippen LogP contribution in [-0.4, -0.2) is 27.8 Å². The molecule has 1 heterocycles. The first kappa shape index (κ1) is 22.3. The molecule has 0 saturated carbocycles. The van der Waals surface area contributed by atoms with Gasteiger partial charge in [-0.3, -0.25) is 9.79 Å². The van der Waals surface area contributed by atoms with Gasteiger partial charge in [0.2, 0.25) is 5.79 Å². The van der Waals surface area contributed by atoms with Crippen molar-refractivity contribution in [3.8, 4) is 0 Å². The predicted molar refractivity (Wildman–Crippen MR) is 132 cm³/mol. The third-order valence-corrected chi connectivity index (χ3v) is 6.90. The van der Waals surface area contributed by atoms with Gasteiger partial charge >= 0.3 is 0 Å². The SMILES string of the molecule is CC(=O)C1=C(O)c2ccccc2C2(O)OC(C)C(c3ccc(C)cc3)(c3ccc(C)cc3)N=C12. The quantitative estimate of drug-likeness (QED) is 0.577. The highest BCUT2D eigenvalue weighted by molar-refractivity contribution is 6.30. The van der Waals surface area contributed by atoms with E-state index in [1.165, 1.54) is 6.92 Å². The van der Waals surface area contributed by atoms with Gasteiger partial charge in [-0.15, -0.1) is 0 Å². The molecule has 0 saturated heterocycles. The predicted octanol–water partition coefficient (Wildman–Crippen LogP) is 5.12. The molecule has 5 heteroatoms. The lowest BCUT2D eigenvalue weighted by Crippen LogP contribution is -2.56.